The van der Waals surface area contributed by atoms with Gasteiger partial charge in [-0.25, -0.2) is 0 Å². The zero-order chi connectivity index (χ0) is 13.5. The number of hydrogen-bond acceptors (Lipinski definition) is 3. The van der Waals surface area contributed by atoms with Crippen LogP contribution < -0.4 is 9.47 Å². The molecule has 5 heteroatoms. The summed E-state index contributed by atoms with van der Waals surface area (Å²) >= 11 is 6.10. The summed E-state index contributed by atoms with van der Waals surface area (Å²) in [5, 5.41) is 8.93. The fourth-order valence-corrected chi connectivity index (χ4v) is 1.79. The first kappa shape index (κ1) is 14.4. The monoisotopic (exact) mass is 270 g/mol. The number of rotatable bonds is 6. The van der Waals surface area contributed by atoms with E-state index in [0.29, 0.717) is 22.9 Å². The SMILES string of the molecule is COc1ccc(C=CCCC(=O)O)c(OC)c1Cl. The van der Waals surface area contributed by atoms with E-state index < -0.39 is 5.97 Å². The molecule has 18 heavy (non-hydrogen) atoms. The van der Waals surface area contributed by atoms with Crippen molar-refractivity contribution in [3.05, 3.63) is 28.8 Å². The van der Waals surface area contributed by atoms with Crippen LogP contribution in [0, 0.1) is 0 Å². The van der Waals surface area contributed by atoms with Crippen LogP contribution in [0.2, 0.25) is 5.02 Å². The molecule has 0 aliphatic rings. The first-order valence-electron chi connectivity index (χ1n) is 5.39. The quantitative estimate of drug-likeness (QED) is 0.862. The summed E-state index contributed by atoms with van der Waals surface area (Å²) < 4.78 is 10.3. The van der Waals surface area contributed by atoms with Crippen LogP contribution >= 0.6 is 11.6 Å². The third-order valence-corrected chi connectivity index (χ3v) is 2.70. The molecule has 0 saturated heterocycles. The van der Waals surface area contributed by atoms with Crippen LogP contribution in [0.3, 0.4) is 0 Å². The molecule has 4 nitrogen and oxygen atoms in total. The van der Waals surface area contributed by atoms with Crippen LogP contribution in [0.1, 0.15) is 18.4 Å². The van der Waals surface area contributed by atoms with E-state index in [0.717, 1.165) is 5.56 Å². The van der Waals surface area contributed by atoms with Crippen LogP contribution in [-0.2, 0) is 4.79 Å². The highest BCUT2D eigenvalue weighted by Crippen LogP contribution is 2.37. The van der Waals surface area contributed by atoms with Gasteiger partial charge in [-0.2, -0.15) is 0 Å². The number of hydrogen-bond donors (Lipinski definition) is 1. The molecule has 1 aromatic carbocycles. The van der Waals surface area contributed by atoms with Gasteiger partial charge in [0.2, 0.25) is 0 Å². The summed E-state index contributed by atoms with van der Waals surface area (Å²) in [5.41, 5.74) is 0.786. The Labute approximate surface area is 111 Å². The lowest BCUT2D eigenvalue weighted by Gasteiger charge is -2.10. The zero-order valence-corrected chi connectivity index (χ0v) is 11.0. The molecule has 98 valence electrons. The number of carboxylic acid groups (broad SMARTS) is 1. The van der Waals surface area contributed by atoms with E-state index in [1.807, 2.05) is 0 Å². The van der Waals surface area contributed by atoms with Gasteiger partial charge in [0.1, 0.15) is 16.5 Å². The molecule has 1 N–H and O–H groups in total. The number of methoxy groups -OCH3 is 2. The number of carbonyl (C=O) groups is 1. The number of allylic oxidation sites excluding steroid dienone is 1. The predicted octanol–water partition coefficient (Wildman–Crippen LogP) is 3.24. The van der Waals surface area contributed by atoms with Crippen molar-refractivity contribution < 1.29 is 19.4 Å². The second kappa shape index (κ2) is 6.91. The maximum atomic E-state index is 10.4. The average molecular weight is 271 g/mol. The molecule has 0 aliphatic carbocycles. The molecule has 0 bridgehead atoms. The lowest BCUT2D eigenvalue weighted by atomic mass is 10.1. The maximum Gasteiger partial charge on any atom is 0.303 e. The minimum Gasteiger partial charge on any atom is -0.495 e. The van der Waals surface area contributed by atoms with E-state index in [9.17, 15) is 4.79 Å². The van der Waals surface area contributed by atoms with Crippen LogP contribution in [0.5, 0.6) is 11.5 Å². The molecule has 0 fully saturated rings. The summed E-state index contributed by atoms with van der Waals surface area (Å²) in [7, 11) is 3.05. The van der Waals surface area contributed by atoms with Gasteiger partial charge in [0, 0.05) is 12.0 Å². The first-order valence-corrected chi connectivity index (χ1v) is 5.76. The maximum absolute atomic E-state index is 10.4. The third-order valence-electron chi connectivity index (χ3n) is 2.34. The van der Waals surface area contributed by atoms with E-state index in [2.05, 4.69) is 0 Å². The molecule has 0 aliphatic heterocycles. The molecule has 0 amide bonds. The molecule has 1 rings (SSSR count). The lowest BCUT2D eigenvalue weighted by Crippen LogP contribution is -1.93. The van der Waals surface area contributed by atoms with Crippen molar-refractivity contribution in [1.29, 1.82) is 0 Å². The van der Waals surface area contributed by atoms with Gasteiger partial charge in [-0.05, 0) is 18.6 Å². The van der Waals surface area contributed by atoms with Crippen molar-refractivity contribution in [1.82, 2.24) is 0 Å². The third kappa shape index (κ3) is 3.67. The van der Waals surface area contributed by atoms with Gasteiger partial charge in [-0.1, -0.05) is 23.8 Å². The second-order valence-electron chi connectivity index (χ2n) is 3.54. The van der Waals surface area contributed by atoms with Gasteiger partial charge >= 0.3 is 5.97 Å². The average Bonchev–Trinajstić information content (AvgIpc) is 2.34. The molecule has 0 atom stereocenters. The van der Waals surface area contributed by atoms with E-state index in [1.165, 1.54) is 14.2 Å². The van der Waals surface area contributed by atoms with Gasteiger partial charge < -0.3 is 14.6 Å². The fraction of sp³-hybridized carbons (Fsp3) is 0.308. The molecule has 0 radical (unpaired) electrons. The van der Waals surface area contributed by atoms with Crippen molar-refractivity contribution in [3.63, 3.8) is 0 Å². The Balaban J connectivity index is 2.89. The highest BCUT2D eigenvalue weighted by atomic mass is 35.5. The van der Waals surface area contributed by atoms with Gasteiger partial charge in [0.05, 0.1) is 14.2 Å². The summed E-state index contributed by atoms with van der Waals surface area (Å²) in [6.45, 7) is 0. The largest absolute Gasteiger partial charge is 0.495 e. The van der Waals surface area contributed by atoms with Crippen molar-refractivity contribution in [2.24, 2.45) is 0 Å². The minimum absolute atomic E-state index is 0.0999. The van der Waals surface area contributed by atoms with Crippen molar-refractivity contribution in [3.8, 4) is 11.5 Å². The van der Waals surface area contributed by atoms with E-state index in [-0.39, 0.29) is 6.42 Å². The minimum atomic E-state index is -0.820. The normalized spacial score (nSPS) is 10.6. The summed E-state index contributed by atoms with van der Waals surface area (Å²) in [4.78, 5) is 10.4. The molecular formula is C13H15ClO4. The van der Waals surface area contributed by atoms with Crippen molar-refractivity contribution >= 4 is 23.6 Å². The Hall–Kier alpha value is -1.68. The standard InChI is InChI=1S/C13H15ClO4/c1-17-10-8-7-9(13(18-2)12(10)14)5-3-4-6-11(15)16/h3,5,7-8H,4,6H2,1-2H3,(H,15,16). The van der Waals surface area contributed by atoms with Crippen molar-refractivity contribution in [2.45, 2.75) is 12.8 Å². The smallest absolute Gasteiger partial charge is 0.303 e. The van der Waals surface area contributed by atoms with Crippen molar-refractivity contribution in [2.75, 3.05) is 14.2 Å². The zero-order valence-electron chi connectivity index (χ0n) is 10.3. The number of benzene rings is 1. The summed E-state index contributed by atoms with van der Waals surface area (Å²) in [6, 6.07) is 3.54. The van der Waals surface area contributed by atoms with Crippen LogP contribution in [0.25, 0.3) is 6.08 Å². The van der Waals surface area contributed by atoms with Gasteiger partial charge in [0.15, 0.2) is 0 Å². The lowest BCUT2D eigenvalue weighted by molar-refractivity contribution is -0.136. The molecular weight excluding hydrogens is 256 g/mol. The Morgan fingerprint density at radius 3 is 2.67 bits per heavy atom. The summed E-state index contributed by atoms with van der Waals surface area (Å²) in [6.07, 6.45) is 4.12. The number of aliphatic carboxylic acids is 1. The number of ether oxygens (including phenoxy) is 2. The first-order chi connectivity index (χ1) is 8.60. The molecule has 0 spiro atoms. The Morgan fingerprint density at radius 2 is 2.11 bits per heavy atom. The molecule has 0 saturated carbocycles. The van der Waals surface area contributed by atoms with Gasteiger partial charge in [0.25, 0.3) is 0 Å². The van der Waals surface area contributed by atoms with E-state index in [1.54, 1.807) is 24.3 Å². The Bertz CT molecular complexity index is 455. The topological polar surface area (TPSA) is 55.8 Å². The molecule has 0 unspecified atom stereocenters. The van der Waals surface area contributed by atoms with Gasteiger partial charge in [-0.3, -0.25) is 4.79 Å². The number of halogens is 1. The molecule has 1 aromatic rings. The molecule has 0 aromatic heterocycles. The molecule has 0 heterocycles. The highest BCUT2D eigenvalue weighted by Gasteiger charge is 2.10. The van der Waals surface area contributed by atoms with Crippen LogP contribution in [0.15, 0.2) is 18.2 Å². The van der Waals surface area contributed by atoms with E-state index in [4.69, 9.17) is 26.2 Å². The summed E-state index contributed by atoms with van der Waals surface area (Å²) in [5.74, 6) is 0.234. The van der Waals surface area contributed by atoms with Crippen LogP contribution in [-0.4, -0.2) is 25.3 Å². The fourth-order valence-electron chi connectivity index (χ4n) is 1.47. The van der Waals surface area contributed by atoms with Gasteiger partial charge in [-0.15, -0.1) is 0 Å². The van der Waals surface area contributed by atoms with Crippen LogP contribution in [0.4, 0.5) is 0 Å². The second-order valence-corrected chi connectivity index (χ2v) is 3.92. The Morgan fingerprint density at radius 1 is 1.39 bits per heavy atom. The number of carboxylic acids is 1. The predicted molar refractivity (Wildman–Crippen MR) is 70.5 cm³/mol. The Kier molecular flexibility index (Phi) is 5.52. The highest BCUT2D eigenvalue weighted by molar-refractivity contribution is 6.33. The van der Waals surface area contributed by atoms with E-state index >= 15 is 0 Å².